The Hall–Kier alpha value is -0.930. The van der Waals surface area contributed by atoms with E-state index in [-0.39, 0.29) is 6.04 Å². The molecule has 0 fully saturated rings. The minimum atomic E-state index is 0.198. The highest BCUT2D eigenvalue weighted by molar-refractivity contribution is 5.27. The Morgan fingerprint density at radius 2 is 2.38 bits per heavy atom. The first-order valence-electron chi connectivity index (χ1n) is 6.02. The van der Waals surface area contributed by atoms with Gasteiger partial charge in [0.15, 0.2) is 0 Å². The largest absolute Gasteiger partial charge is 0.326 e. The molecule has 0 spiro atoms. The van der Waals surface area contributed by atoms with Crippen LogP contribution >= 0.6 is 0 Å². The summed E-state index contributed by atoms with van der Waals surface area (Å²) in [5.74, 6) is 0.437. The molecule has 0 aliphatic heterocycles. The molecule has 0 saturated heterocycles. The summed E-state index contributed by atoms with van der Waals surface area (Å²) in [5, 5.41) is 0. The summed E-state index contributed by atoms with van der Waals surface area (Å²) in [6, 6.07) is 4.42. The average molecular weight is 219 g/mol. The summed E-state index contributed by atoms with van der Waals surface area (Å²) >= 11 is 0. The van der Waals surface area contributed by atoms with Crippen molar-refractivity contribution in [3.05, 3.63) is 29.6 Å². The van der Waals surface area contributed by atoms with Gasteiger partial charge in [0.1, 0.15) is 0 Å². The van der Waals surface area contributed by atoms with Gasteiger partial charge in [0.25, 0.3) is 0 Å². The van der Waals surface area contributed by atoms with E-state index >= 15 is 0 Å². The zero-order valence-corrected chi connectivity index (χ0v) is 10.2. The van der Waals surface area contributed by atoms with Gasteiger partial charge in [-0.3, -0.25) is 4.98 Å². The summed E-state index contributed by atoms with van der Waals surface area (Å²) in [6.45, 7) is 0.931. The molecule has 1 heterocycles. The predicted molar refractivity (Wildman–Crippen MR) is 66.4 cm³/mol. The Morgan fingerprint density at radius 3 is 3.12 bits per heavy atom. The lowest BCUT2D eigenvalue weighted by molar-refractivity contribution is 0.328. The third kappa shape index (κ3) is 2.42. The van der Waals surface area contributed by atoms with Crippen molar-refractivity contribution in [1.82, 2.24) is 9.88 Å². The topological polar surface area (TPSA) is 42.1 Å². The van der Waals surface area contributed by atoms with Gasteiger partial charge in [-0.05, 0) is 45.0 Å². The van der Waals surface area contributed by atoms with Crippen LogP contribution in [0.4, 0.5) is 0 Å². The molecule has 16 heavy (non-hydrogen) atoms. The second-order valence-electron chi connectivity index (χ2n) is 4.97. The molecule has 3 heteroatoms. The third-order valence-corrected chi connectivity index (χ3v) is 3.33. The predicted octanol–water partition coefficient (Wildman–Crippen LogP) is 1.39. The fraction of sp³-hybridized carbons (Fsp3) is 0.615. The molecule has 2 atom stereocenters. The van der Waals surface area contributed by atoms with E-state index in [1.54, 1.807) is 0 Å². The first-order chi connectivity index (χ1) is 7.68. The van der Waals surface area contributed by atoms with E-state index in [9.17, 15) is 0 Å². The van der Waals surface area contributed by atoms with Crippen LogP contribution in [0.3, 0.4) is 0 Å². The van der Waals surface area contributed by atoms with Crippen molar-refractivity contribution in [2.24, 2.45) is 5.73 Å². The Labute approximate surface area is 97.7 Å². The molecule has 3 nitrogen and oxygen atoms in total. The van der Waals surface area contributed by atoms with E-state index in [0.29, 0.717) is 5.92 Å². The maximum atomic E-state index is 6.28. The number of pyridine rings is 1. The number of hydrogen-bond donors (Lipinski definition) is 1. The summed E-state index contributed by atoms with van der Waals surface area (Å²) < 4.78 is 0. The zero-order chi connectivity index (χ0) is 11.5. The molecule has 88 valence electrons. The van der Waals surface area contributed by atoms with Gasteiger partial charge in [0.2, 0.25) is 0 Å². The number of rotatable bonds is 3. The number of aromatic nitrogens is 1. The van der Waals surface area contributed by atoms with Crippen molar-refractivity contribution in [3.8, 4) is 0 Å². The molecule has 1 aromatic heterocycles. The van der Waals surface area contributed by atoms with Crippen LogP contribution in [0.25, 0.3) is 0 Å². The van der Waals surface area contributed by atoms with Crippen LogP contribution in [0.1, 0.15) is 30.0 Å². The van der Waals surface area contributed by atoms with E-state index < -0.39 is 0 Å². The van der Waals surface area contributed by atoms with Gasteiger partial charge in [0.05, 0.1) is 0 Å². The quantitative estimate of drug-likeness (QED) is 0.835. The molecular weight excluding hydrogens is 198 g/mol. The molecule has 2 N–H and O–H groups in total. The average Bonchev–Trinajstić information content (AvgIpc) is 2.27. The van der Waals surface area contributed by atoms with Gasteiger partial charge in [-0.2, -0.15) is 0 Å². The van der Waals surface area contributed by atoms with Crippen LogP contribution in [-0.4, -0.2) is 36.6 Å². The Morgan fingerprint density at radius 1 is 1.56 bits per heavy atom. The monoisotopic (exact) mass is 219 g/mol. The lowest BCUT2D eigenvalue weighted by Gasteiger charge is -2.30. The lowest BCUT2D eigenvalue weighted by Crippen LogP contribution is -2.39. The second-order valence-corrected chi connectivity index (χ2v) is 4.97. The van der Waals surface area contributed by atoms with Crippen LogP contribution in [-0.2, 0) is 6.42 Å². The Bertz CT molecular complexity index is 349. The van der Waals surface area contributed by atoms with E-state index in [2.05, 4.69) is 30.0 Å². The fourth-order valence-corrected chi connectivity index (χ4v) is 2.61. The molecule has 2 unspecified atom stereocenters. The fourth-order valence-electron chi connectivity index (χ4n) is 2.61. The summed E-state index contributed by atoms with van der Waals surface area (Å²) in [4.78, 5) is 6.69. The van der Waals surface area contributed by atoms with Gasteiger partial charge in [0, 0.05) is 30.4 Å². The third-order valence-electron chi connectivity index (χ3n) is 3.33. The molecule has 0 amide bonds. The molecule has 2 rings (SSSR count). The van der Waals surface area contributed by atoms with E-state index in [1.165, 1.54) is 24.1 Å². The number of aryl methyl sites for hydroxylation is 1. The van der Waals surface area contributed by atoms with Crippen molar-refractivity contribution < 1.29 is 0 Å². The van der Waals surface area contributed by atoms with Gasteiger partial charge in [-0.15, -0.1) is 0 Å². The molecule has 0 bridgehead atoms. The first kappa shape index (κ1) is 11.6. The lowest BCUT2D eigenvalue weighted by atomic mass is 9.82. The second kappa shape index (κ2) is 4.93. The highest BCUT2D eigenvalue weighted by Crippen LogP contribution is 2.31. The number of fused-ring (bicyclic) bond motifs is 1. The van der Waals surface area contributed by atoms with Crippen LogP contribution in [0, 0.1) is 0 Å². The normalized spacial score (nSPS) is 21.9. The van der Waals surface area contributed by atoms with E-state index in [0.717, 1.165) is 13.0 Å². The van der Waals surface area contributed by atoms with Gasteiger partial charge in [-0.25, -0.2) is 0 Å². The minimum Gasteiger partial charge on any atom is -0.326 e. The Kier molecular flexibility index (Phi) is 3.56. The molecule has 1 aliphatic carbocycles. The van der Waals surface area contributed by atoms with Crippen LogP contribution < -0.4 is 5.73 Å². The van der Waals surface area contributed by atoms with Crippen molar-refractivity contribution in [2.45, 2.75) is 31.2 Å². The standard InChI is InChI=1S/C13H21N3/c1-16(2)9-12(14)11-7-3-5-10-6-4-8-15-13(10)11/h4,6,8,11-12H,3,5,7,9,14H2,1-2H3. The van der Waals surface area contributed by atoms with E-state index in [1.807, 2.05) is 12.3 Å². The van der Waals surface area contributed by atoms with Gasteiger partial charge in [-0.1, -0.05) is 6.07 Å². The number of hydrogen-bond acceptors (Lipinski definition) is 3. The van der Waals surface area contributed by atoms with Crippen molar-refractivity contribution in [1.29, 1.82) is 0 Å². The minimum absolute atomic E-state index is 0.198. The number of nitrogens with two attached hydrogens (primary N) is 1. The maximum Gasteiger partial charge on any atom is 0.0482 e. The molecule has 1 aromatic rings. The molecule has 0 saturated carbocycles. The summed E-state index contributed by atoms with van der Waals surface area (Å²) in [6.07, 6.45) is 5.47. The highest BCUT2D eigenvalue weighted by Gasteiger charge is 2.26. The first-order valence-corrected chi connectivity index (χ1v) is 6.02. The smallest absolute Gasteiger partial charge is 0.0482 e. The molecular formula is C13H21N3. The van der Waals surface area contributed by atoms with Crippen LogP contribution in [0.15, 0.2) is 18.3 Å². The van der Waals surface area contributed by atoms with Crippen molar-refractivity contribution in [3.63, 3.8) is 0 Å². The number of nitrogens with zero attached hydrogens (tertiary/aromatic N) is 2. The van der Waals surface area contributed by atoms with Crippen molar-refractivity contribution in [2.75, 3.05) is 20.6 Å². The SMILES string of the molecule is CN(C)CC(N)C1CCCc2cccnc21. The number of likely N-dealkylation sites (N-methyl/N-ethyl adjacent to an activating group) is 1. The van der Waals surface area contributed by atoms with Crippen molar-refractivity contribution >= 4 is 0 Å². The van der Waals surface area contributed by atoms with Crippen LogP contribution in [0.2, 0.25) is 0 Å². The van der Waals surface area contributed by atoms with E-state index in [4.69, 9.17) is 5.73 Å². The molecule has 0 aromatic carbocycles. The van der Waals surface area contributed by atoms with Crippen LogP contribution in [0.5, 0.6) is 0 Å². The molecule has 1 aliphatic rings. The molecule has 0 radical (unpaired) electrons. The van der Waals surface area contributed by atoms with Gasteiger partial charge < -0.3 is 10.6 Å². The maximum absolute atomic E-state index is 6.28. The highest BCUT2D eigenvalue weighted by atomic mass is 15.1. The zero-order valence-electron chi connectivity index (χ0n) is 10.2. The van der Waals surface area contributed by atoms with Gasteiger partial charge >= 0.3 is 0 Å². The summed E-state index contributed by atoms with van der Waals surface area (Å²) in [7, 11) is 4.14. The summed E-state index contributed by atoms with van der Waals surface area (Å²) in [5.41, 5.74) is 8.92. The Balaban J connectivity index is 2.18.